The monoisotopic (exact) mass is 407 g/mol. The lowest BCUT2D eigenvalue weighted by Crippen LogP contribution is -2.45. The third-order valence-corrected chi connectivity index (χ3v) is 5.80. The van der Waals surface area contributed by atoms with Gasteiger partial charge in [0, 0.05) is 12.1 Å². The number of amides is 2. The van der Waals surface area contributed by atoms with E-state index in [0.29, 0.717) is 23.1 Å². The van der Waals surface area contributed by atoms with E-state index in [9.17, 15) is 9.59 Å². The Morgan fingerprint density at radius 3 is 2.62 bits per heavy atom. The van der Waals surface area contributed by atoms with Crippen molar-refractivity contribution in [3.05, 3.63) is 54.6 Å². The molecule has 4 rings (SSSR count). The van der Waals surface area contributed by atoms with Gasteiger partial charge in [0.2, 0.25) is 11.8 Å². The number of hydrogen-bond donors (Lipinski definition) is 1. The molecule has 7 nitrogen and oxygen atoms in total. The van der Waals surface area contributed by atoms with Gasteiger partial charge in [-0.3, -0.25) is 14.5 Å². The van der Waals surface area contributed by atoms with Crippen LogP contribution < -0.4 is 10.2 Å². The largest absolute Gasteiger partial charge is 0.323 e. The number of benzene rings is 2. The van der Waals surface area contributed by atoms with Crippen molar-refractivity contribution in [1.29, 1.82) is 0 Å². The van der Waals surface area contributed by atoms with Crippen molar-refractivity contribution in [2.75, 3.05) is 16.8 Å². The molecule has 3 aromatic rings. The summed E-state index contributed by atoms with van der Waals surface area (Å²) in [5.74, 6) is 0.444. The molecule has 0 aliphatic carbocycles. The predicted molar refractivity (Wildman–Crippen MR) is 114 cm³/mol. The maximum Gasteiger partial charge on any atom is 0.244 e. The van der Waals surface area contributed by atoms with Crippen LogP contribution in [0.2, 0.25) is 0 Å². The van der Waals surface area contributed by atoms with E-state index in [1.807, 2.05) is 66.9 Å². The van der Waals surface area contributed by atoms with Gasteiger partial charge in [0.15, 0.2) is 11.0 Å². The highest BCUT2D eigenvalue weighted by Crippen LogP contribution is 2.32. The van der Waals surface area contributed by atoms with Crippen molar-refractivity contribution in [3.8, 4) is 11.4 Å². The molecule has 0 radical (unpaired) electrons. The van der Waals surface area contributed by atoms with E-state index in [0.717, 1.165) is 11.4 Å². The standard InChI is InChI=1S/C21H21N5O2S/c1-3-25-19(15-9-5-4-6-10-15)23-24-21(25)29-14(2)20(28)26-13-18(27)22-16-11-7-8-12-17(16)26/h4-12,14H,3,13H2,1-2H3,(H,22,27)/t14-/m0/s1. The Bertz CT molecular complexity index is 1050. The number of rotatable bonds is 5. The van der Waals surface area contributed by atoms with Gasteiger partial charge in [-0.1, -0.05) is 54.2 Å². The molecule has 1 aromatic heterocycles. The molecule has 0 bridgehead atoms. The fourth-order valence-electron chi connectivity index (χ4n) is 3.32. The zero-order valence-electron chi connectivity index (χ0n) is 16.2. The molecule has 0 spiro atoms. The van der Waals surface area contributed by atoms with Gasteiger partial charge in [-0.2, -0.15) is 0 Å². The van der Waals surface area contributed by atoms with Crippen molar-refractivity contribution in [2.45, 2.75) is 30.8 Å². The number of carbonyl (C=O) groups is 2. The van der Waals surface area contributed by atoms with Crippen LogP contribution in [-0.2, 0) is 16.1 Å². The summed E-state index contributed by atoms with van der Waals surface area (Å²) in [5, 5.41) is 11.7. The molecule has 2 aromatic carbocycles. The van der Waals surface area contributed by atoms with E-state index in [2.05, 4.69) is 15.5 Å². The first-order chi connectivity index (χ1) is 14.1. The van der Waals surface area contributed by atoms with Crippen molar-refractivity contribution in [1.82, 2.24) is 14.8 Å². The molecule has 1 atom stereocenters. The lowest BCUT2D eigenvalue weighted by molar-refractivity contribution is -0.121. The summed E-state index contributed by atoms with van der Waals surface area (Å²) in [4.78, 5) is 26.7. The Morgan fingerprint density at radius 1 is 1.14 bits per heavy atom. The highest BCUT2D eigenvalue weighted by molar-refractivity contribution is 8.00. The Morgan fingerprint density at radius 2 is 1.86 bits per heavy atom. The van der Waals surface area contributed by atoms with Gasteiger partial charge in [-0.05, 0) is 26.0 Å². The van der Waals surface area contributed by atoms with Gasteiger partial charge in [0.1, 0.15) is 6.54 Å². The molecule has 1 aliphatic rings. The number of hydrogen-bond acceptors (Lipinski definition) is 5. The maximum absolute atomic E-state index is 13.2. The maximum atomic E-state index is 13.2. The van der Waals surface area contributed by atoms with Crippen LogP contribution in [-0.4, -0.2) is 38.4 Å². The van der Waals surface area contributed by atoms with E-state index in [-0.39, 0.29) is 18.4 Å². The molecule has 1 aliphatic heterocycles. The lowest BCUT2D eigenvalue weighted by Gasteiger charge is -2.30. The molecule has 2 amide bonds. The van der Waals surface area contributed by atoms with E-state index in [1.54, 1.807) is 6.07 Å². The Labute approximate surface area is 173 Å². The first-order valence-electron chi connectivity index (χ1n) is 9.44. The van der Waals surface area contributed by atoms with Crippen LogP contribution in [0.15, 0.2) is 59.8 Å². The average molecular weight is 407 g/mol. The lowest BCUT2D eigenvalue weighted by atomic mass is 10.2. The predicted octanol–water partition coefficient (Wildman–Crippen LogP) is 3.43. The summed E-state index contributed by atoms with van der Waals surface area (Å²) >= 11 is 1.35. The second-order valence-electron chi connectivity index (χ2n) is 6.67. The van der Waals surface area contributed by atoms with Crippen LogP contribution in [0.4, 0.5) is 11.4 Å². The fraction of sp³-hybridized carbons (Fsp3) is 0.238. The van der Waals surface area contributed by atoms with E-state index < -0.39 is 5.25 Å². The first-order valence-corrected chi connectivity index (χ1v) is 10.3. The van der Waals surface area contributed by atoms with Crippen LogP contribution in [0, 0.1) is 0 Å². The Kier molecular flexibility index (Phi) is 5.35. The van der Waals surface area contributed by atoms with Crippen LogP contribution in [0.3, 0.4) is 0 Å². The van der Waals surface area contributed by atoms with E-state index >= 15 is 0 Å². The summed E-state index contributed by atoms with van der Waals surface area (Å²) in [5.41, 5.74) is 2.35. The number of fused-ring (bicyclic) bond motifs is 1. The van der Waals surface area contributed by atoms with Crippen LogP contribution >= 0.6 is 11.8 Å². The minimum atomic E-state index is -0.424. The highest BCUT2D eigenvalue weighted by atomic mass is 32.2. The van der Waals surface area contributed by atoms with Crippen molar-refractivity contribution >= 4 is 35.0 Å². The molecule has 0 fully saturated rings. The van der Waals surface area contributed by atoms with Gasteiger partial charge >= 0.3 is 0 Å². The van der Waals surface area contributed by atoms with Gasteiger partial charge < -0.3 is 9.88 Å². The third-order valence-electron chi connectivity index (χ3n) is 4.73. The van der Waals surface area contributed by atoms with Gasteiger partial charge in [-0.15, -0.1) is 10.2 Å². The molecule has 1 N–H and O–H groups in total. The summed E-state index contributed by atoms with van der Waals surface area (Å²) < 4.78 is 2.00. The number of nitrogens with zero attached hydrogens (tertiary/aromatic N) is 4. The van der Waals surface area contributed by atoms with Crippen LogP contribution in [0.5, 0.6) is 0 Å². The molecule has 0 unspecified atom stereocenters. The van der Waals surface area contributed by atoms with Crippen molar-refractivity contribution in [2.24, 2.45) is 0 Å². The quantitative estimate of drug-likeness (QED) is 0.656. The van der Waals surface area contributed by atoms with Crippen molar-refractivity contribution in [3.63, 3.8) is 0 Å². The van der Waals surface area contributed by atoms with Crippen LogP contribution in [0.1, 0.15) is 13.8 Å². The molecular formula is C21H21N5O2S. The number of carbonyl (C=O) groups excluding carboxylic acids is 2. The number of para-hydroxylation sites is 2. The van der Waals surface area contributed by atoms with Crippen LogP contribution in [0.25, 0.3) is 11.4 Å². The molecule has 8 heteroatoms. The number of thioether (sulfide) groups is 1. The molecule has 0 saturated heterocycles. The number of aromatic nitrogens is 3. The average Bonchev–Trinajstić information content (AvgIpc) is 3.15. The topological polar surface area (TPSA) is 80.1 Å². The third kappa shape index (κ3) is 3.75. The van der Waals surface area contributed by atoms with Gasteiger partial charge in [0.05, 0.1) is 16.6 Å². The summed E-state index contributed by atoms with van der Waals surface area (Å²) in [6.07, 6.45) is 0. The highest BCUT2D eigenvalue weighted by Gasteiger charge is 2.31. The molecule has 0 saturated carbocycles. The zero-order chi connectivity index (χ0) is 20.4. The summed E-state index contributed by atoms with van der Waals surface area (Å²) in [7, 11) is 0. The van der Waals surface area contributed by atoms with Gasteiger partial charge in [0.25, 0.3) is 0 Å². The smallest absolute Gasteiger partial charge is 0.244 e. The fourth-order valence-corrected chi connectivity index (χ4v) is 4.29. The molecule has 2 heterocycles. The van der Waals surface area contributed by atoms with Crippen molar-refractivity contribution < 1.29 is 9.59 Å². The summed E-state index contributed by atoms with van der Waals surface area (Å²) in [6, 6.07) is 17.2. The summed E-state index contributed by atoms with van der Waals surface area (Å²) in [6.45, 7) is 4.56. The first kappa shape index (κ1) is 19.2. The molecular weight excluding hydrogens is 386 g/mol. The number of nitrogens with one attached hydrogen (secondary N) is 1. The second kappa shape index (κ2) is 8.08. The minimum absolute atomic E-state index is 0.0104. The SMILES string of the molecule is CCn1c(S[C@@H](C)C(=O)N2CC(=O)Nc3ccccc32)nnc1-c1ccccc1. The molecule has 29 heavy (non-hydrogen) atoms. The van der Waals surface area contributed by atoms with E-state index in [4.69, 9.17) is 0 Å². The normalized spacial score (nSPS) is 14.3. The molecule has 148 valence electrons. The Balaban J connectivity index is 1.57. The number of anilines is 2. The zero-order valence-corrected chi connectivity index (χ0v) is 17.0. The minimum Gasteiger partial charge on any atom is -0.323 e. The van der Waals surface area contributed by atoms with Gasteiger partial charge in [-0.25, -0.2) is 0 Å². The Hall–Kier alpha value is -3.13. The second-order valence-corrected chi connectivity index (χ2v) is 7.97. The van der Waals surface area contributed by atoms with E-state index in [1.165, 1.54) is 16.7 Å².